The van der Waals surface area contributed by atoms with Gasteiger partial charge in [-0.05, 0) is 74.7 Å². The van der Waals surface area contributed by atoms with Gasteiger partial charge in [-0.1, -0.05) is 13.8 Å². The van der Waals surface area contributed by atoms with E-state index in [0.29, 0.717) is 0 Å². The van der Waals surface area contributed by atoms with Crippen LogP contribution in [0.1, 0.15) is 121 Å². The molecule has 0 radical (unpaired) electrons. The lowest BCUT2D eigenvalue weighted by Crippen LogP contribution is -2.51. The average molecular weight is 699 g/mol. The first-order valence-corrected chi connectivity index (χ1v) is 16.5. The van der Waals surface area contributed by atoms with Crippen molar-refractivity contribution in [2.24, 2.45) is 23.3 Å². The molecule has 0 saturated carbocycles. The Labute approximate surface area is 289 Å². The van der Waals surface area contributed by atoms with Gasteiger partial charge in [-0.25, -0.2) is 0 Å². The minimum absolute atomic E-state index is 0.196. The molecule has 0 aliphatic heterocycles. The van der Waals surface area contributed by atoms with Crippen LogP contribution in [0.25, 0.3) is 0 Å². The zero-order valence-corrected chi connectivity index (χ0v) is 31.0. The van der Waals surface area contributed by atoms with Gasteiger partial charge >= 0.3 is 17.9 Å². The molecular formula is C34H58N4O11. The Morgan fingerprint density at radius 1 is 0.571 bits per heavy atom. The summed E-state index contributed by atoms with van der Waals surface area (Å²) in [7, 11) is 0. The summed E-state index contributed by atoms with van der Waals surface area (Å²) in [4.78, 5) is 102. The van der Waals surface area contributed by atoms with Gasteiger partial charge in [0, 0.05) is 31.6 Å². The predicted octanol–water partition coefficient (Wildman–Crippen LogP) is 1.93. The molecule has 0 saturated heterocycles. The summed E-state index contributed by atoms with van der Waals surface area (Å²) < 4.78 is 15.8. The predicted molar refractivity (Wildman–Crippen MR) is 179 cm³/mol. The molecule has 0 unspecified atom stereocenters. The van der Waals surface area contributed by atoms with E-state index in [0.717, 1.165) is 0 Å². The van der Waals surface area contributed by atoms with Gasteiger partial charge in [0.2, 0.25) is 17.7 Å². The molecule has 0 aliphatic rings. The van der Waals surface area contributed by atoms with Gasteiger partial charge in [-0.3, -0.25) is 38.4 Å². The van der Waals surface area contributed by atoms with Gasteiger partial charge in [-0.2, -0.15) is 0 Å². The standard InChI is InChI=1S/C34H58N4O11/c1-19(2)20(30(45)38-23(24(39)13-14-26(36)41)18-29(44)49-34(9,10)11)16-25(40)22(12-15-27(42)47-32(3,4)5)37-31(46)21(35)17-28(43)48-33(6,7)8/h19-23H,12-18,35H2,1-11H3,(H2,36,41)(H,37,46)(H,38,45)/t20-,21-,22-,23-/m0/s1. The van der Waals surface area contributed by atoms with E-state index < -0.39 is 113 Å². The summed E-state index contributed by atoms with van der Waals surface area (Å²) in [5.41, 5.74) is 8.63. The minimum atomic E-state index is -1.38. The summed E-state index contributed by atoms with van der Waals surface area (Å²) in [6.45, 7) is 18.2. The Bertz CT molecular complexity index is 1210. The summed E-state index contributed by atoms with van der Waals surface area (Å²) in [6.07, 6.45) is -2.53. The molecule has 3 amide bonds. The molecule has 0 aromatic heterocycles. The number of nitrogens with one attached hydrogen (secondary N) is 2. The number of amides is 3. The van der Waals surface area contributed by atoms with E-state index in [1.54, 1.807) is 76.2 Å². The number of ketones is 2. The van der Waals surface area contributed by atoms with Gasteiger partial charge in [0.25, 0.3) is 0 Å². The molecule has 49 heavy (non-hydrogen) atoms. The van der Waals surface area contributed by atoms with Crippen molar-refractivity contribution in [2.45, 2.75) is 156 Å². The van der Waals surface area contributed by atoms with E-state index in [2.05, 4.69) is 10.6 Å². The van der Waals surface area contributed by atoms with Crippen LogP contribution in [0.2, 0.25) is 0 Å². The first kappa shape index (κ1) is 45.1. The monoisotopic (exact) mass is 698 g/mol. The Morgan fingerprint density at radius 3 is 1.47 bits per heavy atom. The molecule has 0 heterocycles. The summed E-state index contributed by atoms with van der Waals surface area (Å²) >= 11 is 0. The van der Waals surface area contributed by atoms with Crippen molar-refractivity contribution < 1.29 is 52.6 Å². The van der Waals surface area contributed by atoms with Crippen LogP contribution >= 0.6 is 0 Å². The number of rotatable bonds is 19. The number of carbonyl (C=O) groups excluding carboxylic acids is 8. The molecule has 280 valence electrons. The minimum Gasteiger partial charge on any atom is -0.460 e. The van der Waals surface area contributed by atoms with Crippen LogP contribution in [0.5, 0.6) is 0 Å². The maximum absolute atomic E-state index is 13.7. The van der Waals surface area contributed by atoms with E-state index in [-0.39, 0.29) is 25.7 Å². The third-order valence-electron chi connectivity index (χ3n) is 6.58. The number of Topliss-reactive ketones (excluding diaryl/α,β-unsaturated/α-hetero) is 2. The second kappa shape index (κ2) is 19.3. The van der Waals surface area contributed by atoms with Gasteiger partial charge in [0.15, 0.2) is 11.6 Å². The normalized spacial score (nSPS) is 14.5. The van der Waals surface area contributed by atoms with Gasteiger partial charge in [-0.15, -0.1) is 0 Å². The van der Waals surface area contributed by atoms with Gasteiger partial charge in [0.1, 0.15) is 16.8 Å². The first-order valence-electron chi connectivity index (χ1n) is 16.5. The molecule has 0 fully saturated rings. The maximum Gasteiger partial charge on any atom is 0.308 e. The van der Waals surface area contributed by atoms with Crippen molar-refractivity contribution in [3.8, 4) is 0 Å². The second-order valence-electron chi connectivity index (χ2n) is 15.4. The van der Waals surface area contributed by atoms with Crippen LogP contribution in [0, 0.1) is 11.8 Å². The fourth-order valence-corrected chi connectivity index (χ4v) is 4.39. The van der Waals surface area contributed by atoms with E-state index in [4.69, 9.17) is 25.7 Å². The largest absolute Gasteiger partial charge is 0.460 e. The van der Waals surface area contributed by atoms with Crippen molar-refractivity contribution in [3.63, 3.8) is 0 Å². The van der Waals surface area contributed by atoms with Crippen LogP contribution in [0.4, 0.5) is 0 Å². The molecule has 0 spiro atoms. The van der Waals surface area contributed by atoms with Crippen LogP contribution in [-0.2, 0) is 52.6 Å². The maximum atomic E-state index is 13.7. The molecule has 0 aliphatic carbocycles. The van der Waals surface area contributed by atoms with Crippen LogP contribution in [0.3, 0.4) is 0 Å². The van der Waals surface area contributed by atoms with E-state index in [1.807, 2.05) is 0 Å². The quantitative estimate of drug-likeness (QED) is 0.112. The second-order valence-corrected chi connectivity index (χ2v) is 15.4. The molecule has 0 aromatic carbocycles. The summed E-state index contributed by atoms with van der Waals surface area (Å²) in [5.74, 6) is -7.23. The first-order chi connectivity index (χ1) is 22.1. The van der Waals surface area contributed by atoms with E-state index in [9.17, 15) is 38.4 Å². The van der Waals surface area contributed by atoms with Crippen LogP contribution < -0.4 is 22.1 Å². The highest BCUT2D eigenvalue weighted by Gasteiger charge is 2.35. The van der Waals surface area contributed by atoms with E-state index >= 15 is 0 Å². The lowest BCUT2D eigenvalue weighted by Gasteiger charge is -2.27. The Kier molecular flexibility index (Phi) is 17.8. The zero-order chi connectivity index (χ0) is 38.5. The number of hydrogen-bond donors (Lipinski definition) is 4. The molecule has 0 aromatic rings. The van der Waals surface area contributed by atoms with Crippen molar-refractivity contribution >= 4 is 47.2 Å². The molecule has 15 heteroatoms. The zero-order valence-electron chi connectivity index (χ0n) is 31.0. The molecule has 4 atom stereocenters. The van der Waals surface area contributed by atoms with E-state index in [1.165, 1.54) is 0 Å². The Morgan fingerprint density at radius 2 is 1.02 bits per heavy atom. The Balaban J connectivity index is 6.12. The molecule has 0 bridgehead atoms. The van der Waals surface area contributed by atoms with Gasteiger partial charge < -0.3 is 36.3 Å². The number of carbonyl (C=O) groups is 8. The van der Waals surface area contributed by atoms with Crippen molar-refractivity contribution in [2.75, 3.05) is 0 Å². The highest BCUT2D eigenvalue weighted by molar-refractivity contribution is 5.97. The highest BCUT2D eigenvalue weighted by Crippen LogP contribution is 2.20. The van der Waals surface area contributed by atoms with Crippen LogP contribution in [-0.4, -0.2) is 82.1 Å². The van der Waals surface area contributed by atoms with Crippen molar-refractivity contribution in [3.05, 3.63) is 0 Å². The number of ether oxygens (including phenoxy) is 3. The topological polar surface area (TPSA) is 240 Å². The number of primary amides is 1. The lowest BCUT2D eigenvalue weighted by atomic mass is 9.86. The smallest absolute Gasteiger partial charge is 0.308 e. The highest BCUT2D eigenvalue weighted by atomic mass is 16.6. The summed E-state index contributed by atoms with van der Waals surface area (Å²) in [5, 5.41) is 5.03. The lowest BCUT2D eigenvalue weighted by molar-refractivity contribution is -0.157. The number of nitrogens with two attached hydrogens (primary N) is 2. The fourth-order valence-electron chi connectivity index (χ4n) is 4.39. The SMILES string of the molecule is CC(C)[C@H](CC(=O)[C@H](CCC(=O)OC(C)(C)C)NC(=O)[C@@H](N)CC(=O)OC(C)(C)C)C(=O)N[C@@H](CC(=O)OC(C)(C)C)C(=O)CCC(N)=O. The number of hydrogen-bond acceptors (Lipinski definition) is 12. The van der Waals surface area contributed by atoms with Crippen molar-refractivity contribution in [1.82, 2.24) is 10.6 Å². The molecule has 0 rings (SSSR count). The van der Waals surface area contributed by atoms with Crippen LogP contribution in [0.15, 0.2) is 0 Å². The average Bonchev–Trinajstić information content (AvgIpc) is 2.88. The van der Waals surface area contributed by atoms with Crippen molar-refractivity contribution in [1.29, 1.82) is 0 Å². The number of esters is 3. The third-order valence-corrected chi connectivity index (χ3v) is 6.58. The molecule has 6 N–H and O–H groups in total. The molecule has 15 nitrogen and oxygen atoms in total. The third kappa shape index (κ3) is 21.0. The van der Waals surface area contributed by atoms with Gasteiger partial charge in [0.05, 0.1) is 31.0 Å². The fraction of sp³-hybridized carbons (Fsp3) is 0.765. The molecular weight excluding hydrogens is 640 g/mol. The summed E-state index contributed by atoms with van der Waals surface area (Å²) in [6, 6.07) is -4.05. The Hall–Kier alpha value is -3.88.